The summed E-state index contributed by atoms with van der Waals surface area (Å²) in [5.74, 6) is -0.304. The van der Waals surface area contributed by atoms with Gasteiger partial charge in [-0.3, -0.25) is 9.59 Å². The molecule has 2 N–H and O–H groups in total. The SMILES string of the molecule is O=C(c1ccc(C(F)(F)F)[nH]c1=O)N1CCC(c2c[nH]c3ncccc23)CC1. The molecule has 1 aliphatic heterocycles. The van der Waals surface area contributed by atoms with E-state index in [2.05, 4.69) is 9.97 Å². The molecule has 146 valence electrons. The second-order valence-corrected chi connectivity index (χ2v) is 6.82. The van der Waals surface area contributed by atoms with E-state index in [9.17, 15) is 22.8 Å². The summed E-state index contributed by atoms with van der Waals surface area (Å²) in [5, 5.41) is 1.05. The number of halogens is 3. The molecule has 1 fully saturated rings. The number of carbonyl (C=O) groups is 1. The molecule has 9 heteroatoms. The van der Waals surface area contributed by atoms with Gasteiger partial charge in [0.1, 0.15) is 16.9 Å². The van der Waals surface area contributed by atoms with Crippen LogP contribution in [-0.2, 0) is 6.18 Å². The quantitative estimate of drug-likeness (QED) is 0.705. The van der Waals surface area contributed by atoms with Crippen molar-refractivity contribution in [1.82, 2.24) is 19.9 Å². The van der Waals surface area contributed by atoms with E-state index in [1.54, 1.807) is 11.2 Å². The first kappa shape index (κ1) is 18.3. The molecule has 0 radical (unpaired) electrons. The molecule has 28 heavy (non-hydrogen) atoms. The Labute approximate surface area is 157 Å². The number of fused-ring (bicyclic) bond motifs is 1. The van der Waals surface area contributed by atoms with Crippen LogP contribution in [0.2, 0.25) is 0 Å². The van der Waals surface area contributed by atoms with Gasteiger partial charge in [0.05, 0.1) is 0 Å². The third kappa shape index (κ3) is 3.28. The van der Waals surface area contributed by atoms with E-state index < -0.39 is 23.3 Å². The zero-order chi connectivity index (χ0) is 19.9. The number of likely N-dealkylation sites (tertiary alicyclic amines) is 1. The molecular weight excluding hydrogens is 373 g/mol. The fourth-order valence-corrected chi connectivity index (χ4v) is 3.69. The third-order valence-corrected chi connectivity index (χ3v) is 5.15. The van der Waals surface area contributed by atoms with Crippen molar-refractivity contribution < 1.29 is 18.0 Å². The highest BCUT2D eigenvalue weighted by atomic mass is 19.4. The summed E-state index contributed by atoms with van der Waals surface area (Å²) in [4.78, 5) is 35.2. The number of aromatic amines is 2. The van der Waals surface area contributed by atoms with E-state index in [4.69, 9.17) is 0 Å². The first-order valence-electron chi connectivity index (χ1n) is 8.86. The van der Waals surface area contributed by atoms with Crippen molar-refractivity contribution in [2.75, 3.05) is 13.1 Å². The Morgan fingerprint density at radius 2 is 1.93 bits per heavy atom. The predicted octanol–water partition coefficient (Wildman–Crippen LogP) is 3.29. The van der Waals surface area contributed by atoms with Gasteiger partial charge in [-0.25, -0.2) is 4.98 Å². The van der Waals surface area contributed by atoms with Crippen molar-refractivity contribution >= 4 is 16.9 Å². The summed E-state index contributed by atoms with van der Waals surface area (Å²) < 4.78 is 38.0. The van der Waals surface area contributed by atoms with Gasteiger partial charge in [0.2, 0.25) is 0 Å². The van der Waals surface area contributed by atoms with Gasteiger partial charge in [0.25, 0.3) is 11.5 Å². The van der Waals surface area contributed by atoms with Crippen molar-refractivity contribution in [3.63, 3.8) is 0 Å². The number of amides is 1. The van der Waals surface area contributed by atoms with Crippen LogP contribution in [0.1, 0.15) is 40.4 Å². The lowest BCUT2D eigenvalue weighted by molar-refractivity contribution is -0.141. The lowest BCUT2D eigenvalue weighted by Gasteiger charge is -2.32. The van der Waals surface area contributed by atoms with Crippen LogP contribution in [-0.4, -0.2) is 38.8 Å². The molecule has 1 amide bonds. The summed E-state index contributed by atoms with van der Waals surface area (Å²) >= 11 is 0. The maximum absolute atomic E-state index is 12.7. The third-order valence-electron chi connectivity index (χ3n) is 5.15. The second kappa shape index (κ2) is 6.81. The molecule has 1 aliphatic rings. The van der Waals surface area contributed by atoms with Gasteiger partial charge in [-0.1, -0.05) is 0 Å². The Hall–Kier alpha value is -3.10. The van der Waals surface area contributed by atoms with Crippen LogP contribution in [0, 0.1) is 0 Å². The largest absolute Gasteiger partial charge is 0.431 e. The highest BCUT2D eigenvalue weighted by Crippen LogP contribution is 2.33. The summed E-state index contributed by atoms with van der Waals surface area (Å²) in [6, 6.07) is 5.53. The van der Waals surface area contributed by atoms with Gasteiger partial charge >= 0.3 is 6.18 Å². The molecule has 0 unspecified atom stereocenters. The van der Waals surface area contributed by atoms with Crippen LogP contribution in [0.5, 0.6) is 0 Å². The van der Waals surface area contributed by atoms with Crippen molar-refractivity contribution in [3.8, 4) is 0 Å². The molecular formula is C19H17F3N4O2. The molecule has 0 spiro atoms. The normalized spacial score (nSPS) is 15.9. The number of H-pyrrole nitrogens is 2. The van der Waals surface area contributed by atoms with Crippen LogP contribution in [0.3, 0.4) is 0 Å². The minimum atomic E-state index is -4.66. The van der Waals surface area contributed by atoms with Crippen molar-refractivity contribution in [2.24, 2.45) is 0 Å². The monoisotopic (exact) mass is 390 g/mol. The first-order valence-corrected chi connectivity index (χ1v) is 8.86. The van der Waals surface area contributed by atoms with Gasteiger partial charge in [-0.05, 0) is 48.6 Å². The molecule has 4 heterocycles. The fourth-order valence-electron chi connectivity index (χ4n) is 3.69. The molecule has 1 saturated heterocycles. The zero-order valence-electron chi connectivity index (χ0n) is 14.7. The average molecular weight is 390 g/mol. The van der Waals surface area contributed by atoms with Crippen molar-refractivity contribution in [3.05, 3.63) is 63.8 Å². The number of carbonyl (C=O) groups excluding carboxylic acids is 1. The Morgan fingerprint density at radius 1 is 1.18 bits per heavy atom. The number of rotatable bonds is 2. The van der Waals surface area contributed by atoms with Crippen LogP contribution < -0.4 is 5.56 Å². The maximum atomic E-state index is 12.7. The molecule has 0 saturated carbocycles. The summed E-state index contributed by atoms with van der Waals surface area (Å²) in [5.41, 5.74) is -0.511. The lowest BCUT2D eigenvalue weighted by atomic mass is 9.89. The lowest BCUT2D eigenvalue weighted by Crippen LogP contribution is -2.40. The number of aromatic nitrogens is 3. The fraction of sp³-hybridized carbons (Fsp3) is 0.316. The smallest absolute Gasteiger partial charge is 0.346 e. The predicted molar refractivity (Wildman–Crippen MR) is 96.0 cm³/mol. The number of nitrogens with one attached hydrogen (secondary N) is 2. The molecule has 4 rings (SSSR count). The Bertz CT molecular complexity index is 1080. The van der Waals surface area contributed by atoms with Crippen molar-refractivity contribution in [2.45, 2.75) is 24.9 Å². The average Bonchev–Trinajstić information content (AvgIpc) is 3.11. The Balaban J connectivity index is 1.48. The van der Waals surface area contributed by atoms with E-state index in [0.717, 1.165) is 28.7 Å². The van der Waals surface area contributed by atoms with Gasteiger partial charge in [-0.2, -0.15) is 13.2 Å². The van der Waals surface area contributed by atoms with Crippen molar-refractivity contribution in [1.29, 1.82) is 0 Å². The Kier molecular flexibility index (Phi) is 4.44. The molecule has 0 aromatic carbocycles. The van der Waals surface area contributed by atoms with Gasteiger partial charge in [0, 0.05) is 30.9 Å². The summed E-state index contributed by atoms with van der Waals surface area (Å²) in [6.45, 7) is 0.855. The number of nitrogens with zero attached hydrogens (tertiary/aromatic N) is 2. The highest BCUT2D eigenvalue weighted by Gasteiger charge is 2.33. The van der Waals surface area contributed by atoms with Crippen LogP contribution in [0.25, 0.3) is 11.0 Å². The molecule has 6 nitrogen and oxygen atoms in total. The van der Waals surface area contributed by atoms with Gasteiger partial charge in [-0.15, -0.1) is 0 Å². The van der Waals surface area contributed by atoms with E-state index >= 15 is 0 Å². The minimum Gasteiger partial charge on any atom is -0.346 e. The second-order valence-electron chi connectivity index (χ2n) is 6.82. The number of hydrogen-bond acceptors (Lipinski definition) is 3. The zero-order valence-corrected chi connectivity index (χ0v) is 14.7. The molecule has 0 bridgehead atoms. The molecule has 3 aromatic rings. The maximum Gasteiger partial charge on any atom is 0.431 e. The van der Waals surface area contributed by atoms with Crippen LogP contribution in [0.15, 0.2) is 41.5 Å². The van der Waals surface area contributed by atoms with Gasteiger partial charge in [0.15, 0.2) is 0 Å². The standard InChI is InChI=1S/C19H17F3N4O2/c20-19(21,22)15-4-3-13(17(27)25-15)18(28)26-8-5-11(6-9-26)14-10-24-16-12(14)2-1-7-23-16/h1-4,7,10-11H,5-6,8-9H2,(H,23,24)(H,25,27). The van der Waals surface area contributed by atoms with Crippen LogP contribution in [0.4, 0.5) is 13.2 Å². The molecule has 3 aromatic heterocycles. The van der Waals surface area contributed by atoms with E-state index in [0.29, 0.717) is 25.9 Å². The first-order chi connectivity index (χ1) is 13.3. The number of piperidine rings is 1. The molecule has 0 atom stereocenters. The van der Waals surface area contributed by atoms with Gasteiger partial charge < -0.3 is 14.9 Å². The topological polar surface area (TPSA) is 81.9 Å². The van der Waals surface area contributed by atoms with E-state index in [1.807, 2.05) is 18.3 Å². The number of hydrogen-bond donors (Lipinski definition) is 2. The molecule has 0 aliphatic carbocycles. The Morgan fingerprint density at radius 3 is 2.61 bits per heavy atom. The van der Waals surface area contributed by atoms with E-state index in [1.165, 1.54) is 4.90 Å². The summed E-state index contributed by atoms with van der Waals surface area (Å²) in [7, 11) is 0. The van der Waals surface area contributed by atoms with E-state index in [-0.39, 0.29) is 11.5 Å². The summed E-state index contributed by atoms with van der Waals surface area (Å²) in [6.07, 6.45) is 0.386. The van der Waals surface area contributed by atoms with Crippen LogP contribution >= 0.6 is 0 Å². The number of alkyl halides is 3. The minimum absolute atomic E-state index is 0.243. The highest BCUT2D eigenvalue weighted by molar-refractivity contribution is 5.94. The number of pyridine rings is 2.